The van der Waals surface area contributed by atoms with Crippen LogP contribution in [-0.4, -0.2) is 10.1 Å². The van der Waals surface area contributed by atoms with Crippen molar-refractivity contribution in [2.75, 3.05) is 5.73 Å². The number of hydrogen-bond donors (Lipinski definition) is 1. The minimum atomic E-state index is 0.293. The summed E-state index contributed by atoms with van der Waals surface area (Å²) in [5, 5.41) is 5.33. The Morgan fingerprint density at radius 3 is 2.33 bits per heavy atom. The first-order valence-electron chi connectivity index (χ1n) is 5.89. The average Bonchev–Trinajstić information content (AvgIpc) is 2.87. The van der Waals surface area contributed by atoms with E-state index in [1.54, 1.807) is 36.4 Å². The van der Waals surface area contributed by atoms with Crippen LogP contribution in [0.15, 0.2) is 40.9 Å². The minimum absolute atomic E-state index is 0.293. The molecular weight excluding hydrogens is 333 g/mol. The van der Waals surface area contributed by atoms with Gasteiger partial charge in [0.25, 0.3) is 5.89 Å². The van der Waals surface area contributed by atoms with Crippen molar-refractivity contribution < 1.29 is 4.52 Å². The van der Waals surface area contributed by atoms with Gasteiger partial charge in [0.15, 0.2) is 0 Å². The number of nitrogens with zero attached hydrogens (tertiary/aromatic N) is 2. The highest BCUT2D eigenvalue weighted by molar-refractivity contribution is 6.36. The molecule has 0 bridgehead atoms. The van der Waals surface area contributed by atoms with Crippen molar-refractivity contribution in [1.82, 2.24) is 10.1 Å². The first kappa shape index (κ1) is 14.2. The molecule has 3 rings (SSSR count). The summed E-state index contributed by atoms with van der Waals surface area (Å²) in [6, 6.07) is 10.1. The third-order valence-corrected chi connectivity index (χ3v) is 3.68. The van der Waals surface area contributed by atoms with Gasteiger partial charge >= 0.3 is 0 Å². The number of anilines is 1. The molecule has 2 N–H and O–H groups in total. The molecule has 21 heavy (non-hydrogen) atoms. The second-order valence-electron chi connectivity index (χ2n) is 4.29. The molecule has 7 heteroatoms. The topological polar surface area (TPSA) is 64.9 Å². The van der Waals surface area contributed by atoms with Crippen LogP contribution >= 0.6 is 34.8 Å². The van der Waals surface area contributed by atoms with Crippen LogP contribution in [0.2, 0.25) is 15.1 Å². The zero-order valence-corrected chi connectivity index (χ0v) is 12.7. The van der Waals surface area contributed by atoms with Crippen LogP contribution in [0.5, 0.6) is 0 Å². The van der Waals surface area contributed by atoms with E-state index in [1.807, 2.05) is 0 Å². The monoisotopic (exact) mass is 339 g/mol. The van der Waals surface area contributed by atoms with Crippen molar-refractivity contribution in [1.29, 1.82) is 0 Å². The van der Waals surface area contributed by atoms with E-state index in [9.17, 15) is 0 Å². The van der Waals surface area contributed by atoms with E-state index in [-0.39, 0.29) is 0 Å². The third kappa shape index (κ3) is 2.83. The molecule has 0 aliphatic heterocycles. The van der Waals surface area contributed by atoms with Crippen LogP contribution in [0.1, 0.15) is 0 Å². The Morgan fingerprint density at radius 1 is 0.905 bits per heavy atom. The average molecular weight is 341 g/mol. The molecule has 1 heterocycles. The number of halogens is 3. The van der Waals surface area contributed by atoms with Gasteiger partial charge in [0.1, 0.15) is 0 Å². The van der Waals surface area contributed by atoms with E-state index in [0.29, 0.717) is 43.6 Å². The normalized spacial score (nSPS) is 10.8. The van der Waals surface area contributed by atoms with Crippen LogP contribution in [0.3, 0.4) is 0 Å². The number of benzene rings is 2. The lowest BCUT2D eigenvalue weighted by Gasteiger charge is -2.00. The highest BCUT2D eigenvalue weighted by Crippen LogP contribution is 2.32. The van der Waals surface area contributed by atoms with Gasteiger partial charge in [0.05, 0.1) is 15.6 Å². The quantitative estimate of drug-likeness (QED) is 0.671. The van der Waals surface area contributed by atoms with Crippen molar-refractivity contribution in [3.8, 4) is 22.8 Å². The summed E-state index contributed by atoms with van der Waals surface area (Å²) in [4.78, 5) is 4.30. The van der Waals surface area contributed by atoms with Gasteiger partial charge in [-0.25, -0.2) is 0 Å². The maximum Gasteiger partial charge on any atom is 0.259 e. The van der Waals surface area contributed by atoms with Gasteiger partial charge in [-0.15, -0.1) is 0 Å². The number of hydrogen-bond acceptors (Lipinski definition) is 4. The summed E-state index contributed by atoms with van der Waals surface area (Å²) < 4.78 is 5.23. The molecule has 0 saturated heterocycles. The molecule has 106 valence electrons. The molecule has 0 fully saturated rings. The lowest BCUT2D eigenvalue weighted by atomic mass is 10.2. The Hall–Kier alpha value is -1.75. The molecule has 0 amide bonds. The predicted octanol–water partition coefficient (Wildman–Crippen LogP) is 4.95. The van der Waals surface area contributed by atoms with Crippen LogP contribution in [-0.2, 0) is 0 Å². The van der Waals surface area contributed by atoms with Crippen molar-refractivity contribution in [2.24, 2.45) is 0 Å². The van der Waals surface area contributed by atoms with Crippen molar-refractivity contribution in [3.05, 3.63) is 51.5 Å². The SMILES string of the molecule is Nc1ccc(-c2nc(-c3ccc(Cl)cc3Cl)no2)c(Cl)c1. The van der Waals surface area contributed by atoms with Crippen molar-refractivity contribution in [3.63, 3.8) is 0 Å². The molecule has 0 aliphatic carbocycles. The second-order valence-corrected chi connectivity index (χ2v) is 5.54. The third-order valence-electron chi connectivity index (χ3n) is 2.82. The minimum Gasteiger partial charge on any atom is -0.399 e. The van der Waals surface area contributed by atoms with E-state index in [4.69, 9.17) is 45.1 Å². The largest absolute Gasteiger partial charge is 0.399 e. The van der Waals surface area contributed by atoms with Gasteiger partial charge in [-0.3, -0.25) is 0 Å². The Balaban J connectivity index is 2.03. The molecule has 0 radical (unpaired) electrons. The van der Waals surface area contributed by atoms with Crippen molar-refractivity contribution >= 4 is 40.5 Å². The van der Waals surface area contributed by atoms with Crippen LogP contribution in [0.4, 0.5) is 5.69 Å². The first-order chi connectivity index (χ1) is 10.0. The van der Waals surface area contributed by atoms with Gasteiger partial charge in [-0.05, 0) is 36.4 Å². The highest BCUT2D eigenvalue weighted by atomic mass is 35.5. The molecule has 0 saturated carbocycles. The molecule has 4 nitrogen and oxygen atoms in total. The van der Waals surface area contributed by atoms with Gasteiger partial charge in [-0.1, -0.05) is 40.0 Å². The Bertz CT molecular complexity index is 751. The van der Waals surface area contributed by atoms with E-state index in [2.05, 4.69) is 10.1 Å². The summed E-state index contributed by atoms with van der Waals surface area (Å²) in [5.74, 6) is 0.653. The van der Waals surface area contributed by atoms with E-state index in [0.717, 1.165) is 0 Å². The zero-order valence-electron chi connectivity index (χ0n) is 10.5. The fourth-order valence-corrected chi connectivity index (χ4v) is 2.58. The summed E-state index contributed by atoms with van der Waals surface area (Å²) in [7, 11) is 0. The molecule has 3 aromatic rings. The Morgan fingerprint density at radius 2 is 1.62 bits per heavy atom. The predicted molar refractivity (Wildman–Crippen MR) is 84.6 cm³/mol. The van der Waals surface area contributed by atoms with Gasteiger partial charge in [0.2, 0.25) is 5.82 Å². The number of nitrogen functional groups attached to an aromatic ring is 1. The first-order valence-corrected chi connectivity index (χ1v) is 7.02. The lowest BCUT2D eigenvalue weighted by molar-refractivity contribution is 0.432. The highest BCUT2D eigenvalue weighted by Gasteiger charge is 2.15. The molecular formula is C14H8Cl3N3O. The van der Waals surface area contributed by atoms with Crippen LogP contribution in [0.25, 0.3) is 22.8 Å². The van der Waals surface area contributed by atoms with Crippen LogP contribution < -0.4 is 5.73 Å². The van der Waals surface area contributed by atoms with Gasteiger partial charge in [-0.2, -0.15) is 4.98 Å². The Labute approximate surface area is 135 Å². The lowest BCUT2D eigenvalue weighted by Crippen LogP contribution is -1.86. The number of aromatic nitrogens is 2. The molecule has 0 spiro atoms. The van der Waals surface area contributed by atoms with Crippen LogP contribution in [0, 0.1) is 0 Å². The summed E-state index contributed by atoms with van der Waals surface area (Å²) in [6.45, 7) is 0. The fourth-order valence-electron chi connectivity index (χ4n) is 1.82. The maximum atomic E-state index is 6.12. The standard InChI is InChI=1S/C14H8Cl3N3O/c15-7-1-3-9(11(16)5-7)13-19-14(21-20-13)10-4-2-8(18)6-12(10)17/h1-6H,18H2. The Kier molecular flexibility index (Phi) is 3.76. The molecule has 1 aromatic heterocycles. The second kappa shape index (κ2) is 5.56. The smallest absolute Gasteiger partial charge is 0.259 e. The zero-order chi connectivity index (χ0) is 15.0. The van der Waals surface area contributed by atoms with E-state index < -0.39 is 0 Å². The summed E-state index contributed by atoms with van der Waals surface area (Å²) in [5.41, 5.74) is 7.45. The number of nitrogens with two attached hydrogens (primary N) is 1. The van der Waals surface area contributed by atoms with Gasteiger partial charge < -0.3 is 10.3 Å². The summed E-state index contributed by atoms with van der Waals surface area (Å²) in [6.07, 6.45) is 0. The maximum absolute atomic E-state index is 6.12. The molecule has 0 unspecified atom stereocenters. The van der Waals surface area contributed by atoms with E-state index in [1.165, 1.54) is 0 Å². The molecule has 0 atom stereocenters. The fraction of sp³-hybridized carbons (Fsp3) is 0. The summed E-state index contributed by atoms with van der Waals surface area (Å²) >= 11 is 18.1. The van der Waals surface area contributed by atoms with E-state index >= 15 is 0 Å². The molecule has 0 aliphatic rings. The van der Waals surface area contributed by atoms with Gasteiger partial charge in [0, 0.05) is 16.3 Å². The molecule has 2 aromatic carbocycles. The number of rotatable bonds is 2. The van der Waals surface area contributed by atoms with Crippen molar-refractivity contribution in [2.45, 2.75) is 0 Å².